The normalized spacial score (nSPS) is 14.0. The first-order valence-corrected chi connectivity index (χ1v) is 7.36. The lowest BCUT2D eigenvalue weighted by atomic mass is 9.92. The van der Waals surface area contributed by atoms with Crippen molar-refractivity contribution in [2.75, 3.05) is 0 Å². The van der Waals surface area contributed by atoms with Crippen LogP contribution >= 0.6 is 12.4 Å². The van der Waals surface area contributed by atoms with Gasteiger partial charge in [-0.3, -0.25) is 0 Å². The molecule has 0 saturated carbocycles. The average molecular weight is 344 g/mol. The van der Waals surface area contributed by atoms with Gasteiger partial charge in [-0.2, -0.15) is 13.2 Å². The third kappa shape index (κ3) is 4.72. The molecule has 0 fully saturated rings. The van der Waals surface area contributed by atoms with Crippen molar-refractivity contribution in [1.29, 1.82) is 0 Å². The molecule has 0 amide bonds. The van der Waals surface area contributed by atoms with E-state index in [0.717, 1.165) is 35.2 Å². The topological polar surface area (TPSA) is 26.0 Å². The van der Waals surface area contributed by atoms with Gasteiger partial charge in [0.15, 0.2) is 0 Å². The summed E-state index contributed by atoms with van der Waals surface area (Å²) in [5, 5.41) is 0. The molecule has 2 atom stereocenters. The zero-order valence-corrected chi connectivity index (χ0v) is 13.9. The Morgan fingerprint density at radius 2 is 1.35 bits per heavy atom. The average Bonchev–Trinajstić information content (AvgIpc) is 2.53. The zero-order valence-electron chi connectivity index (χ0n) is 13.1. The van der Waals surface area contributed by atoms with E-state index in [1.165, 1.54) is 12.1 Å². The first kappa shape index (κ1) is 19.5. The summed E-state index contributed by atoms with van der Waals surface area (Å²) in [7, 11) is 0. The molecule has 2 rings (SSSR count). The highest BCUT2D eigenvalue weighted by Gasteiger charge is 2.29. The maximum absolute atomic E-state index is 12.6. The molecular weight excluding hydrogens is 323 g/mol. The predicted octanol–water partition coefficient (Wildman–Crippen LogP) is 5.84. The van der Waals surface area contributed by atoms with Crippen molar-refractivity contribution in [2.24, 2.45) is 11.7 Å². The number of rotatable bonds is 4. The van der Waals surface area contributed by atoms with Crippen LogP contribution in [0.3, 0.4) is 0 Å². The largest absolute Gasteiger partial charge is 0.416 e. The van der Waals surface area contributed by atoms with Crippen molar-refractivity contribution >= 4 is 12.4 Å². The van der Waals surface area contributed by atoms with Crippen LogP contribution in [-0.2, 0) is 6.18 Å². The summed E-state index contributed by atoms with van der Waals surface area (Å²) in [5.74, 6) is 0.386. The number of hydrogen-bond donors (Lipinski definition) is 1. The molecule has 2 aromatic carbocycles. The molecule has 0 heterocycles. The van der Waals surface area contributed by atoms with Gasteiger partial charge in [-0.25, -0.2) is 0 Å². The molecule has 0 bridgehead atoms. The van der Waals surface area contributed by atoms with Gasteiger partial charge in [-0.15, -0.1) is 12.4 Å². The molecule has 0 aromatic heterocycles. The van der Waals surface area contributed by atoms with Crippen molar-refractivity contribution in [3.63, 3.8) is 0 Å². The molecule has 0 radical (unpaired) electrons. The zero-order chi connectivity index (χ0) is 16.3. The van der Waals surface area contributed by atoms with Crippen LogP contribution in [0.2, 0.25) is 0 Å². The quantitative estimate of drug-likeness (QED) is 0.741. The van der Waals surface area contributed by atoms with E-state index in [0.29, 0.717) is 5.92 Å². The minimum absolute atomic E-state index is 0. The van der Waals surface area contributed by atoms with Gasteiger partial charge in [0.1, 0.15) is 0 Å². The Morgan fingerprint density at radius 3 is 1.74 bits per heavy atom. The maximum atomic E-state index is 12.6. The number of hydrogen-bond acceptors (Lipinski definition) is 1. The first-order chi connectivity index (χ1) is 10.3. The Hall–Kier alpha value is -1.52. The van der Waals surface area contributed by atoms with Crippen LogP contribution in [0.15, 0.2) is 48.5 Å². The Labute approximate surface area is 141 Å². The molecule has 126 valence electrons. The standard InChI is InChI=1S/C18H20F3N.ClH/c1-3-12(2)17(22)15-6-4-13(5-7-15)14-8-10-16(11-9-14)18(19,20)21;/h4-12,17H,3,22H2,1-2H3;1H/t12?,17-;/m0./s1. The summed E-state index contributed by atoms with van der Waals surface area (Å²) >= 11 is 0. The van der Waals surface area contributed by atoms with Gasteiger partial charge in [-0.1, -0.05) is 56.7 Å². The van der Waals surface area contributed by atoms with Crippen molar-refractivity contribution < 1.29 is 13.2 Å². The molecule has 5 heteroatoms. The summed E-state index contributed by atoms with van der Waals surface area (Å²) in [5.41, 5.74) is 8.24. The molecule has 0 aliphatic rings. The lowest BCUT2D eigenvalue weighted by Gasteiger charge is -2.19. The number of benzene rings is 2. The van der Waals surface area contributed by atoms with Crippen molar-refractivity contribution in [3.8, 4) is 11.1 Å². The van der Waals surface area contributed by atoms with E-state index in [1.807, 2.05) is 24.3 Å². The van der Waals surface area contributed by atoms with Gasteiger partial charge in [0.2, 0.25) is 0 Å². The van der Waals surface area contributed by atoms with Crippen molar-refractivity contribution in [3.05, 3.63) is 59.7 Å². The first-order valence-electron chi connectivity index (χ1n) is 7.36. The molecule has 0 saturated heterocycles. The highest BCUT2D eigenvalue weighted by molar-refractivity contribution is 5.85. The number of nitrogens with two attached hydrogens (primary N) is 1. The molecular formula is C18H21ClF3N. The maximum Gasteiger partial charge on any atom is 0.416 e. The molecule has 23 heavy (non-hydrogen) atoms. The van der Waals surface area contributed by atoms with E-state index >= 15 is 0 Å². The van der Waals surface area contributed by atoms with E-state index in [9.17, 15) is 13.2 Å². The molecule has 0 aliphatic heterocycles. The molecule has 0 aliphatic carbocycles. The van der Waals surface area contributed by atoms with Crippen LogP contribution in [0.1, 0.15) is 37.4 Å². The predicted molar refractivity (Wildman–Crippen MR) is 90.5 cm³/mol. The van der Waals surface area contributed by atoms with Crippen molar-refractivity contribution in [1.82, 2.24) is 0 Å². The summed E-state index contributed by atoms with van der Waals surface area (Å²) in [6, 6.07) is 12.9. The second-order valence-corrected chi connectivity index (χ2v) is 5.61. The molecule has 2 N–H and O–H groups in total. The number of halogens is 4. The molecule has 1 unspecified atom stereocenters. The fourth-order valence-electron chi connectivity index (χ4n) is 2.33. The minimum atomic E-state index is -4.30. The fourth-order valence-corrected chi connectivity index (χ4v) is 2.33. The molecule has 1 nitrogen and oxygen atoms in total. The summed E-state index contributed by atoms with van der Waals surface area (Å²) in [6.07, 6.45) is -3.30. The van der Waals surface area contributed by atoms with Crippen molar-refractivity contribution in [2.45, 2.75) is 32.5 Å². The van der Waals surface area contributed by atoms with Crippen LogP contribution in [0, 0.1) is 5.92 Å². The third-order valence-corrected chi connectivity index (χ3v) is 4.10. The minimum Gasteiger partial charge on any atom is -0.324 e. The van der Waals surface area contributed by atoms with Gasteiger partial charge < -0.3 is 5.73 Å². The van der Waals surface area contributed by atoms with Crippen LogP contribution in [-0.4, -0.2) is 0 Å². The Bertz CT molecular complexity index is 606. The van der Waals surface area contributed by atoms with E-state index in [-0.39, 0.29) is 18.4 Å². The summed E-state index contributed by atoms with van der Waals surface area (Å²) in [6.45, 7) is 4.20. The highest BCUT2D eigenvalue weighted by atomic mass is 35.5. The van der Waals surface area contributed by atoms with Gasteiger partial charge in [0.25, 0.3) is 0 Å². The second-order valence-electron chi connectivity index (χ2n) is 5.61. The second kappa shape index (κ2) is 7.84. The fraction of sp³-hybridized carbons (Fsp3) is 0.333. The summed E-state index contributed by atoms with van der Waals surface area (Å²) < 4.78 is 37.7. The van der Waals surface area contributed by atoms with E-state index in [4.69, 9.17) is 5.73 Å². The van der Waals surface area contributed by atoms with E-state index in [1.54, 1.807) is 0 Å². The van der Waals surface area contributed by atoms with Crippen LogP contribution < -0.4 is 5.73 Å². The Kier molecular flexibility index (Phi) is 6.66. The van der Waals surface area contributed by atoms with Crippen LogP contribution in [0.5, 0.6) is 0 Å². The Balaban J connectivity index is 0.00000264. The molecule has 0 spiro atoms. The monoisotopic (exact) mass is 343 g/mol. The SMILES string of the molecule is CCC(C)[C@H](N)c1ccc(-c2ccc(C(F)(F)F)cc2)cc1.Cl. The lowest BCUT2D eigenvalue weighted by molar-refractivity contribution is -0.137. The lowest BCUT2D eigenvalue weighted by Crippen LogP contribution is -2.18. The van der Waals surface area contributed by atoms with Gasteiger partial charge in [0, 0.05) is 6.04 Å². The van der Waals surface area contributed by atoms with Crippen LogP contribution in [0.25, 0.3) is 11.1 Å². The number of alkyl halides is 3. The van der Waals surface area contributed by atoms with Crippen LogP contribution in [0.4, 0.5) is 13.2 Å². The van der Waals surface area contributed by atoms with E-state index in [2.05, 4.69) is 13.8 Å². The van der Waals surface area contributed by atoms with E-state index < -0.39 is 11.7 Å². The van der Waals surface area contributed by atoms with Gasteiger partial charge in [-0.05, 0) is 34.7 Å². The smallest absolute Gasteiger partial charge is 0.324 e. The van der Waals surface area contributed by atoms with Gasteiger partial charge >= 0.3 is 6.18 Å². The third-order valence-electron chi connectivity index (χ3n) is 4.10. The summed E-state index contributed by atoms with van der Waals surface area (Å²) in [4.78, 5) is 0. The Morgan fingerprint density at radius 1 is 0.913 bits per heavy atom. The van der Waals surface area contributed by atoms with Gasteiger partial charge in [0.05, 0.1) is 5.56 Å². The highest BCUT2D eigenvalue weighted by Crippen LogP contribution is 2.31. The molecule has 2 aromatic rings.